The molecule has 0 saturated carbocycles. The highest BCUT2D eigenvalue weighted by Gasteiger charge is 2.21. The van der Waals surface area contributed by atoms with Crippen molar-refractivity contribution < 1.29 is 23.9 Å². The lowest BCUT2D eigenvalue weighted by molar-refractivity contribution is -0.384. The smallest absolute Gasteiger partial charge is 0.308 e. The minimum absolute atomic E-state index is 0.00459. The maximum absolute atomic E-state index is 12.4. The second-order valence-electron chi connectivity index (χ2n) is 4.63. The molecule has 0 radical (unpaired) electrons. The molecule has 0 spiro atoms. The second kappa shape index (κ2) is 6.44. The number of non-ortho nitro benzene ring substituents is 1. The molecule has 9 nitrogen and oxygen atoms in total. The summed E-state index contributed by atoms with van der Waals surface area (Å²) in [4.78, 5) is 34.0. The Labute approximate surface area is 130 Å². The van der Waals surface area contributed by atoms with Gasteiger partial charge in [0.1, 0.15) is 0 Å². The van der Waals surface area contributed by atoms with Crippen LogP contribution in [0.4, 0.5) is 5.69 Å². The first-order valence-corrected chi connectivity index (χ1v) is 6.48. The molecule has 1 aromatic heterocycles. The lowest BCUT2D eigenvalue weighted by Gasteiger charge is -2.15. The van der Waals surface area contributed by atoms with Crippen LogP contribution in [-0.4, -0.2) is 29.4 Å². The van der Waals surface area contributed by atoms with Gasteiger partial charge in [-0.25, -0.2) is 0 Å². The van der Waals surface area contributed by atoms with Crippen LogP contribution in [0.3, 0.4) is 0 Å². The molecule has 0 aliphatic heterocycles. The molecule has 1 heterocycles. The number of fused-ring (bicyclic) bond motifs is 1. The van der Waals surface area contributed by atoms with Crippen molar-refractivity contribution in [2.24, 2.45) is 7.05 Å². The number of aryl methyl sites for hydroxylation is 1. The van der Waals surface area contributed by atoms with Crippen LogP contribution in [-0.2, 0) is 16.6 Å². The third kappa shape index (κ3) is 3.14. The van der Waals surface area contributed by atoms with Gasteiger partial charge in [0.05, 0.1) is 10.4 Å². The van der Waals surface area contributed by atoms with Gasteiger partial charge < -0.3 is 18.8 Å². The SMILES string of the molecule is COCOc1c(OC(C)=O)c(=O)n(C)c2cc([N+](=O)[O-])ccc12. The molecule has 1 aromatic carbocycles. The number of hydrogen-bond acceptors (Lipinski definition) is 7. The predicted molar refractivity (Wildman–Crippen MR) is 79.7 cm³/mol. The van der Waals surface area contributed by atoms with Crippen molar-refractivity contribution in [3.63, 3.8) is 0 Å². The summed E-state index contributed by atoms with van der Waals surface area (Å²) in [6.07, 6.45) is 0. The summed E-state index contributed by atoms with van der Waals surface area (Å²) in [5.41, 5.74) is -0.559. The molecule has 0 fully saturated rings. The lowest BCUT2D eigenvalue weighted by atomic mass is 10.1. The minimum atomic E-state index is -0.689. The first-order chi connectivity index (χ1) is 10.9. The molecular formula is C14H14N2O7. The quantitative estimate of drug-likeness (QED) is 0.354. The largest absolute Gasteiger partial charge is 0.463 e. The molecule has 9 heteroatoms. The molecule has 0 unspecified atom stereocenters. The Bertz CT molecular complexity index is 841. The van der Waals surface area contributed by atoms with E-state index in [1.54, 1.807) is 0 Å². The number of nitro groups is 1. The van der Waals surface area contributed by atoms with Crippen molar-refractivity contribution in [3.8, 4) is 11.5 Å². The Hall–Kier alpha value is -2.94. The number of nitrogens with zero attached hydrogens (tertiary/aromatic N) is 2. The average molecular weight is 322 g/mol. The fourth-order valence-electron chi connectivity index (χ4n) is 2.08. The van der Waals surface area contributed by atoms with E-state index in [2.05, 4.69) is 0 Å². The molecule has 0 aliphatic rings. The van der Waals surface area contributed by atoms with Gasteiger partial charge in [-0.1, -0.05) is 0 Å². The van der Waals surface area contributed by atoms with Crippen LogP contribution >= 0.6 is 0 Å². The van der Waals surface area contributed by atoms with Crippen molar-refractivity contribution in [1.29, 1.82) is 0 Å². The van der Waals surface area contributed by atoms with Gasteiger partial charge in [0, 0.05) is 38.6 Å². The maximum Gasteiger partial charge on any atom is 0.308 e. The van der Waals surface area contributed by atoms with Gasteiger partial charge in [0.2, 0.25) is 5.75 Å². The standard InChI is InChI=1S/C14H14N2O7/c1-8(17)23-13-12(22-7-21-3)10-5-4-9(16(19)20)6-11(10)15(2)14(13)18/h4-6H,7H2,1-3H3. The third-order valence-corrected chi connectivity index (χ3v) is 3.07. The molecule has 0 atom stereocenters. The summed E-state index contributed by atoms with van der Waals surface area (Å²) in [7, 11) is 2.81. The number of esters is 1. The highest BCUT2D eigenvalue weighted by molar-refractivity contribution is 5.90. The molecule has 0 bridgehead atoms. The predicted octanol–water partition coefficient (Wildman–Crippen LogP) is 1.35. The second-order valence-corrected chi connectivity index (χ2v) is 4.63. The summed E-state index contributed by atoms with van der Waals surface area (Å²) in [6, 6.07) is 3.93. The van der Waals surface area contributed by atoms with Crippen LogP contribution in [0.2, 0.25) is 0 Å². The summed E-state index contributed by atoms with van der Waals surface area (Å²) in [5.74, 6) is -0.987. The topological polar surface area (TPSA) is 110 Å². The molecular weight excluding hydrogens is 308 g/mol. The molecule has 0 aliphatic carbocycles. The summed E-state index contributed by atoms with van der Waals surface area (Å²) < 4.78 is 16.3. The van der Waals surface area contributed by atoms with E-state index in [0.717, 1.165) is 11.5 Å². The first kappa shape index (κ1) is 16.4. The molecule has 122 valence electrons. The normalized spacial score (nSPS) is 10.6. The van der Waals surface area contributed by atoms with E-state index >= 15 is 0 Å². The van der Waals surface area contributed by atoms with E-state index in [1.807, 2.05) is 0 Å². The maximum atomic E-state index is 12.4. The molecule has 0 N–H and O–H groups in total. The van der Waals surface area contributed by atoms with Crippen LogP contribution in [0, 0.1) is 10.1 Å². The van der Waals surface area contributed by atoms with Gasteiger partial charge in [-0.05, 0) is 6.07 Å². The van der Waals surface area contributed by atoms with Crippen molar-refractivity contribution in [1.82, 2.24) is 4.57 Å². The zero-order chi connectivity index (χ0) is 17.1. The Kier molecular flexibility index (Phi) is 4.60. The van der Waals surface area contributed by atoms with Gasteiger partial charge in [-0.2, -0.15) is 0 Å². The Morgan fingerprint density at radius 1 is 1.35 bits per heavy atom. The van der Waals surface area contributed by atoms with Gasteiger partial charge in [-0.15, -0.1) is 0 Å². The highest BCUT2D eigenvalue weighted by Crippen LogP contribution is 2.34. The van der Waals surface area contributed by atoms with Gasteiger partial charge in [-0.3, -0.25) is 19.7 Å². The number of methoxy groups -OCH3 is 1. The van der Waals surface area contributed by atoms with E-state index in [1.165, 1.54) is 32.4 Å². The van der Waals surface area contributed by atoms with Crippen molar-refractivity contribution in [2.45, 2.75) is 6.92 Å². The molecule has 0 amide bonds. The fraction of sp³-hybridized carbons (Fsp3) is 0.286. The highest BCUT2D eigenvalue weighted by atomic mass is 16.7. The van der Waals surface area contributed by atoms with Gasteiger partial charge in [0.15, 0.2) is 12.5 Å². The van der Waals surface area contributed by atoms with E-state index < -0.39 is 16.5 Å². The number of hydrogen-bond donors (Lipinski definition) is 0. The van der Waals surface area contributed by atoms with E-state index in [4.69, 9.17) is 14.2 Å². The average Bonchev–Trinajstić information content (AvgIpc) is 2.51. The summed E-state index contributed by atoms with van der Waals surface area (Å²) >= 11 is 0. The monoisotopic (exact) mass is 322 g/mol. The number of ether oxygens (including phenoxy) is 3. The summed E-state index contributed by atoms with van der Waals surface area (Å²) in [5, 5.41) is 11.3. The molecule has 2 aromatic rings. The Morgan fingerprint density at radius 3 is 2.61 bits per heavy atom. The zero-order valence-corrected chi connectivity index (χ0v) is 12.7. The number of pyridine rings is 1. The number of aromatic nitrogens is 1. The van der Waals surface area contributed by atoms with Crippen LogP contribution in [0.5, 0.6) is 11.5 Å². The fourth-order valence-corrected chi connectivity index (χ4v) is 2.08. The number of benzene rings is 1. The molecule has 0 saturated heterocycles. The van der Waals surface area contributed by atoms with Gasteiger partial charge in [0.25, 0.3) is 11.2 Å². The van der Waals surface area contributed by atoms with Crippen LogP contribution < -0.4 is 15.0 Å². The third-order valence-electron chi connectivity index (χ3n) is 3.07. The van der Waals surface area contributed by atoms with Crippen LogP contribution in [0.25, 0.3) is 10.9 Å². The number of carbonyl (C=O) groups excluding carboxylic acids is 1. The van der Waals surface area contributed by atoms with E-state index in [0.29, 0.717) is 5.39 Å². The Balaban J connectivity index is 2.82. The van der Waals surface area contributed by atoms with E-state index in [9.17, 15) is 19.7 Å². The van der Waals surface area contributed by atoms with Crippen LogP contribution in [0.1, 0.15) is 6.92 Å². The first-order valence-electron chi connectivity index (χ1n) is 6.48. The lowest BCUT2D eigenvalue weighted by Crippen LogP contribution is -2.23. The summed E-state index contributed by atoms with van der Waals surface area (Å²) in [6.45, 7) is 0.965. The van der Waals surface area contributed by atoms with Gasteiger partial charge >= 0.3 is 5.97 Å². The minimum Gasteiger partial charge on any atom is -0.463 e. The number of rotatable bonds is 5. The van der Waals surface area contributed by atoms with Crippen molar-refractivity contribution >= 4 is 22.6 Å². The van der Waals surface area contributed by atoms with E-state index in [-0.39, 0.29) is 29.5 Å². The molecule has 2 rings (SSSR count). The van der Waals surface area contributed by atoms with Crippen LogP contribution in [0.15, 0.2) is 23.0 Å². The molecule has 23 heavy (non-hydrogen) atoms. The zero-order valence-electron chi connectivity index (χ0n) is 12.7. The number of carbonyl (C=O) groups is 1. The van der Waals surface area contributed by atoms with Crippen molar-refractivity contribution in [3.05, 3.63) is 38.7 Å². The Morgan fingerprint density at radius 2 is 2.04 bits per heavy atom. The van der Waals surface area contributed by atoms with Crippen molar-refractivity contribution in [2.75, 3.05) is 13.9 Å². The number of nitro benzene ring substituents is 1.